The number of nitrogens with two attached hydrogens (primary N) is 2. The van der Waals surface area contributed by atoms with Crippen molar-refractivity contribution in [2.45, 2.75) is 127 Å². The third-order valence-electron chi connectivity index (χ3n) is 11.5. The number of hydrogen-bond acceptors (Lipinski definition) is 11. The molecule has 5 amide bonds. The molecule has 62 heavy (non-hydrogen) atoms. The number of aromatic amines is 1. The number of carboxylic acid groups (broad SMARTS) is 2. The molecule has 14 N–H and O–H groups in total. The number of aliphatic carboxylic acids is 2. The van der Waals surface area contributed by atoms with Crippen LogP contribution in [0.25, 0.3) is 10.9 Å². The van der Waals surface area contributed by atoms with Gasteiger partial charge in [-0.25, -0.2) is 0 Å². The van der Waals surface area contributed by atoms with E-state index in [1.54, 1.807) is 6.20 Å². The van der Waals surface area contributed by atoms with Crippen LogP contribution in [0.5, 0.6) is 0 Å². The highest BCUT2D eigenvalue weighted by Gasteiger charge is 2.35. The Kier molecular flexibility index (Phi) is 20.1. The molecule has 0 spiro atoms. The summed E-state index contributed by atoms with van der Waals surface area (Å²) in [6, 6.07) is 4.09. The number of carbonyl (C=O) groups is 7. The van der Waals surface area contributed by atoms with Crippen molar-refractivity contribution in [3.8, 4) is 0 Å². The van der Waals surface area contributed by atoms with E-state index in [-0.39, 0.29) is 74.8 Å². The Hall–Kier alpha value is -5.11. The number of hydrogen-bond donors (Lipinski definition) is 12. The van der Waals surface area contributed by atoms with Crippen LogP contribution in [0.1, 0.15) is 90.0 Å². The number of carboxylic acids is 2. The number of rotatable bonds is 25. The Labute approximate surface area is 362 Å². The number of amides is 5. The van der Waals surface area contributed by atoms with E-state index in [4.69, 9.17) is 16.6 Å². The minimum atomic E-state index is -1.19. The highest BCUT2D eigenvalue weighted by atomic mass is 16.4. The lowest BCUT2D eigenvalue weighted by Crippen LogP contribution is -2.57. The smallest absolute Gasteiger partial charge is 0.305 e. The molecule has 4 rings (SSSR count). The lowest BCUT2D eigenvalue weighted by Gasteiger charge is -2.33. The summed E-state index contributed by atoms with van der Waals surface area (Å²) < 4.78 is 0. The molecule has 2 aliphatic heterocycles. The zero-order valence-electron chi connectivity index (χ0n) is 36.0. The highest BCUT2D eigenvalue weighted by Crippen LogP contribution is 2.21. The molecule has 3 heterocycles. The zero-order chi connectivity index (χ0) is 45.2. The summed E-state index contributed by atoms with van der Waals surface area (Å²) in [7, 11) is 0. The molecule has 0 saturated carbocycles. The monoisotopic (exact) mass is 869 g/mol. The van der Waals surface area contributed by atoms with Gasteiger partial charge >= 0.3 is 11.9 Å². The third kappa shape index (κ3) is 16.6. The van der Waals surface area contributed by atoms with E-state index in [0.29, 0.717) is 51.7 Å². The molecule has 0 aliphatic carbocycles. The molecular weight excluding hydrogens is 801 g/mol. The summed E-state index contributed by atoms with van der Waals surface area (Å²) in [6.07, 6.45) is 3.61. The fourth-order valence-electron chi connectivity index (χ4n) is 8.43. The van der Waals surface area contributed by atoms with Crippen molar-refractivity contribution in [1.82, 2.24) is 42.2 Å². The molecule has 0 radical (unpaired) electrons. The molecule has 2 saturated heterocycles. The van der Waals surface area contributed by atoms with Crippen molar-refractivity contribution < 1.29 is 43.8 Å². The van der Waals surface area contributed by atoms with Gasteiger partial charge in [-0.1, -0.05) is 32.0 Å². The number of nitrogens with one attached hydrogen (secondary N) is 8. The molecule has 19 heteroatoms. The van der Waals surface area contributed by atoms with Crippen molar-refractivity contribution in [3.63, 3.8) is 0 Å². The van der Waals surface area contributed by atoms with Gasteiger partial charge in [-0.3, -0.25) is 33.6 Å². The molecule has 0 unspecified atom stereocenters. The van der Waals surface area contributed by atoms with Crippen LogP contribution in [0.3, 0.4) is 0 Å². The summed E-state index contributed by atoms with van der Waals surface area (Å²) >= 11 is 0. The maximum absolute atomic E-state index is 14.1. The van der Waals surface area contributed by atoms with E-state index in [1.165, 1.54) is 0 Å². The maximum Gasteiger partial charge on any atom is 0.305 e. The van der Waals surface area contributed by atoms with Crippen LogP contribution in [-0.4, -0.2) is 126 Å². The Bertz CT molecular complexity index is 1820. The number of H-pyrrole nitrogens is 1. The summed E-state index contributed by atoms with van der Waals surface area (Å²) in [5.41, 5.74) is 13.8. The Morgan fingerprint density at radius 1 is 0.742 bits per heavy atom. The SMILES string of the molecule is CC(C)C[C@@H](CC(=O)N[C@@H](CCCN)CC(=O)N[C@@H]1CCNC[C@H]1C(=O)N[C@H](CC(=O)N[C@@H](CCC(=O)O)CC(=O)O)Cc1c[nH]c2ccccc12)NC(=O)[C@@H]1CNCC[C@H]1N. The maximum atomic E-state index is 14.1. The normalized spacial score (nSPS) is 20.9. The largest absolute Gasteiger partial charge is 0.481 e. The van der Waals surface area contributed by atoms with E-state index < -0.39 is 72.2 Å². The first-order chi connectivity index (χ1) is 29.6. The van der Waals surface area contributed by atoms with Gasteiger partial charge in [0.15, 0.2) is 0 Å². The number of para-hydroxylation sites is 1. The second-order valence-corrected chi connectivity index (χ2v) is 17.2. The number of aromatic nitrogens is 1. The molecule has 2 fully saturated rings. The van der Waals surface area contributed by atoms with Gasteiger partial charge in [0.2, 0.25) is 29.5 Å². The fourth-order valence-corrected chi connectivity index (χ4v) is 8.43. The van der Waals surface area contributed by atoms with Gasteiger partial charge < -0.3 is 63.9 Å². The molecule has 1 aromatic carbocycles. The second-order valence-electron chi connectivity index (χ2n) is 17.2. The van der Waals surface area contributed by atoms with E-state index in [0.717, 1.165) is 23.0 Å². The molecule has 8 atom stereocenters. The Morgan fingerprint density at radius 3 is 2.02 bits per heavy atom. The topological polar surface area (TPSA) is 312 Å². The lowest BCUT2D eigenvalue weighted by atomic mass is 9.91. The molecule has 2 aromatic rings. The van der Waals surface area contributed by atoms with Crippen LogP contribution in [0.4, 0.5) is 0 Å². The first-order valence-electron chi connectivity index (χ1n) is 22.0. The minimum absolute atomic E-state index is 0.0247. The standard InChI is InChI=1S/C43H68N10O9/c1-25(2)16-29(51-42(61)32-23-46-14-11-34(32)45)19-37(54)49-27(6-5-13-44)18-39(56)53-36-12-15-47-24-33(36)43(62)52-30(17-26-22-48-35-8-4-3-7-31(26)35)20-38(55)50-28(21-41(59)60)9-10-40(57)58/h3-4,7-8,22,25,27-30,32-34,36,46-48H,5-6,9-21,23-24,44-45H2,1-2H3,(H,49,54)(H,50,55)(H,51,61)(H,52,62)(H,53,56)(H,57,58)(H,59,60)/t27-,28-,29-,30-,32+,33+,34+,36+/m0/s1. The Balaban J connectivity index is 1.42. The first kappa shape index (κ1) is 49.5. The van der Waals surface area contributed by atoms with Crippen molar-refractivity contribution in [3.05, 3.63) is 36.0 Å². The van der Waals surface area contributed by atoms with Crippen molar-refractivity contribution in [1.29, 1.82) is 0 Å². The summed E-state index contributed by atoms with van der Waals surface area (Å²) in [6.45, 7) is 6.39. The molecule has 0 bridgehead atoms. The van der Waals surface area contributed by atoms with Gasteiger partial charge in [-0.05, 0) is 82.1 Å². The minimum Gasteiger partial charge on any atom is -0.481 e. The van der Waals surface area contributed by atoms with E-state index in [9.17, 15) is 38.7 Å². The van der Waals surface area contributed by atoms with Crippen molar-refractivity contribution >= 4 is 52.4 Å². The molecule has 1 aromatic heterocycles. The first-order valence-corrected chi connectivity index (χ1v) is 22.0. The van der Waals surface area contributed by atoms with E-state index >= 15 is 0 Å². The van der Waals surface area contributed by atoms with Crippen LogP contribution >= 0.6 is 0 Å². The third-order valence-corrected chi connectivity index (χ3v) is 11.5. The second kappa shape index (κ2) is 25.1. The summed E-state index contributed by atoms with van der Waals surface area (Å²) in [5, 5.41) is 40.6. The lowest BCUT2D eigenvalue weighted by molar-refractivity contribution is -0.140. The summed E-state index contributed by atoms with van der Waals surface area (Å²) in [5.74, 6) is -5.03. The van der Waals surface area contributed by atoms with E-state index in [1.807, 2.05) is 38.1 Å². The predicted octanol–water partition coefficient (Wildman–Crippen LogP) is -0.0245. The zero-order valence-corrected chi connectivity index (χ0v) is 36.0. The van der Waals surface area contributed by atoms with Crippen molar-refractivity contribution in [2.75, 3.05) is 32.7 Å². The number of piperidine rings is 2. The van der Waals surface area contributed by atoms with Gasteiger partial charge in [-0.15, -0.1) is 0 Å². The molecule has 19 nitrogen and oxygen atoms in total. The average Bonchev–Trinajstić information content (AvgIpc) is 3.61. The quantitative estimate of drug-likeness (QED) is 0.0625. The average molecular weight is 869 g/mol. The Morgan fingerprint density at radius 2 is 1.35 bits per heavy atom. The van der Waals surface area contributed by atoms with Crippen LogP contribution in [0, 0.1) is 17.8 Å². The van der Waals surface area contributed by atoms with Crippen LogP contribution in [0.2, 0.25) is 0 Å². The summed E-state index contributed by atoms with van der Waals surface area (Å²) in [4.78, 5) is 93.7. The number of benzene rings is 1. The molecular formula is C43H68N10O9. The van der Waals surface area contributed by atoms with Crippen LogP contribution in [-0.2, 0) is 40.0 Å². The highest BCUT2D eigenvalue weighted by molar-refractivity contribution is 5.86. The van der Waals surface area contributed by atoms with Gasteiger partial charge in [-0.2, -0.15) is 0 Å². The van der Waals surface area contributed by atoms with Gasteiger partial charge in [0, 0.05) is 92.1 Å². The van der Waals surface area contributed by atoms with Crippen LogP contribution in [0.15, 0.2) is 30.5 Å². The number of carbonyl (C=O) groups excluding carboxylic acids is 5. The number of fused-ring (bicyclic) bond motifs is 1. The van der Waals surface area contributed by atoms with Crippen molar-refractivity contribution in [2.24, 2.45) is 29.2 Å². The van der Waals surface area contributed by atoms with Crippen LogP contribution < -0.4 is 48.7 Å². The molecule has 2 aliphatic rings. The predicted molar refractivity (Wildman–Crippen MR) is 232 cm³/mol. The fraction of sp³-hybridized carbons (Fsp3) is 0.651. The van der Waals surface area contributed by atoms with Gasteiger partial charge in [0.1, 0.15) is 0 Å². The molecule has 344 valence electrons. The van der Waals surface area contributed by atoms with E-state index in [2.05, 4.69) is 42.2 Å². The van der Waals surface area contributed by atoms with Gasteiger partial charge in [0.05, 0.1) is 18.3 Å². The van der Waals surface area contributed by atoms with Gasteiger partial charge in [0.25, 0.3) is 0 Å².